The van der Waals surface area contributed by atoms with E-state index in [9.17, 15) is 8.42 Å². The highest BCUT2D eigenvalue weighted by molar-refractivity contribution is 8.00. The molecule has 0 aliphatic heterocycles. The van der Waals surface area contributed by atoms with Crippen LogP contribution < -0.4 is 16.0 Å². The van der Waals surface area contributed by atoms with Crippen LogP contribution in [0.4, 0.5) is 5.69 Å². The number of hydrogen-bond acceptors (Lipinski definition) is 6. The Bertz CT molecular complexity index is 538. The van der Waals surface area contributed by atoms with E-state index in [4.69, 9.17) is 5.84 Å². The van der Waals surface area contributed by atoms with E-state index >= 15 is 0 Å². The molecule has 4 N–H and O–H groups in total. The Morgan fingerprint density at radius 1 is 1.53 bits per heavy atom. The molecule has 0 radical (unpaired) electrons. The van der Waals surface area contributed by atoms with Gasteiger partial charge in [-0.25, -0.2) is 18.1 Å². The maximum atomic E-state index is 12.2. The van der Waals surface area contributed by atoms with Gasteiger partial charge in [-0.15, -0.1) is 0 Å². The summed E-state index contributed by atoms with van der Waals surface area (Å²) in [5.41, 5.74) is 2.65. The van der Waals surface area contributed by atoms with Crippen LogP contribution in [0.5, 0.6) is 0 Å². The summed E-state index contributed by atoms with van der Waals surface area (Å²) in [6.45, 7) is 0.428. The minimum Gasteiger partial charge on any atom is -0.321 e. The molecule has 0 unspecified atom stereocenters. The third kappa shape index (κ3) is 3.02. The van der Waals surface area contributed by atoms with Crippen LogP contribution in [0.2, 0.25) is 0 Å². The first-order valence-electron chi connectivity index (χ1n) is 5.99. The Labute approximate surface area is 117 Å². The van der Waals surface area contributed by atoms with Crippen molar-refractivity contribution in [2.75, 3.05) is 18.2 Å². The maximum Gasteiger partial charge on any atom is 0.260 e. The molecule has 1 aliphatic carbocycles. The number of nitrogens with one attached hydrogen (secondary N) is 2. The van der Waals surface area contributed by atoms with E-state index < -0.39 is 10.0 Å². The Kier molecular flexibility index (Phi) is 4.34. The van der Waals surface area contributed by atoms with Crippen molar-refractivity contribution in [3.63, 3.8) is 0 Å². The monoisotopic (exact) mass is 302 g/mol. The zero-order valence-corrected chi connectivity index (χ0v) is 12.4. The normalized spacial score (nSPS) is 17.8. The lowest BCUT2D eigenvalue weighted by atomic mass is 9.84. The third-order valence-electron chi connectivity index (χ3n) is 3.46. The zero-order chi connectivity index (χ0) is 13.9. The minimum atomic E-state index is -3.64. The van der Waals surface area contributed by atoms with Gasteiger partial charge in [0.2, 0.25) is 0 Å². The number of hydrogen-bond donors (Lipinski definition) is 3. The molecule has 1 heterocycles. The number of pyridine rings is 1. The van der Waals surface area contributed by atoms with Crippen molar-refractivity contribution in [3.8, 4) is 0 Å². The van der Waals surface area contributed by atoms with Crippen molar-refractivity contribution >= 4 is 27.5 Å². The van der Waals surface area contributed by atoms with Gasteiger partial charge in [0.05, 0.1) is 5.69 Å². The van der Waals surface area contributed by atoms with Crippen LogP contribution in [0.1, 0.15) is 19.3 Å². The molecule has 1 aliphatic rings. The highest BCUT2D eigenvalue weighted by atomic mass is 32.2. The maximum absolute atomic E-state index is 12.2. The third-order valence-corrected chi connectivity index (χ3v) is 6.24. The quantitative estimate of drug-likeness (QED) is 0.534. The standard InChI is InChI=1S/C11H18N4O2S2/c1-18-11(5-3-6-11)8-14-19(16,17)10-9(15-12)4-2-7-13-10/h2,4,7,14-15H,3,5-6,8,12H2,1H3. The van der Waals surface area contributed by atoms with Gasteiger partial charge < -0.3 is 5.43 Å². The molecule has 0 spiro atoms. The Morgan fingerprint density at radius 2 is 2.26 bits per heavy atom. The molecular formula is C11H18N4O2S2. The van der Waals surface area contributed by atoms with E-state index in [2.05, 4.69) is 15.1 Å². The molecule has 19 heavy (non-hydrogen) atoms. The van der Waals surface area contributed by atoms with Gasteiger partial charge in [0.15, 0.2) is 5.03 Å². The molecular weight excluding hydrogens is 284 g/mol. The number of thioether (sulfide) groups is 1. The van der Waals surface area contributed by atoms with Crippen LogP contribution in [0.3, 0.4) is 0 Å². The summed E-state index contributed by atoms with van der Waals surface area (Å²) < 4.78 is 27.1. The van der Waals surface area contributed by atoms with E-state index in [0.29, 0.717) is 12.2 Å². The molecule has 0 atom stereocenters. The van der Waals surface area contributed by atoms with Crippen molar-refractivity contribution in [2.24, 2.45) is 5.84 Å². The molecule has 0 amide bonds. The highest BCUT2D eigenvalue weighted by Crippen LogP contribution is 2.42. The van der Waals surface area contributed by atoms with Crippen LogP contribution in [0.15, 0.2) is 23.4 Å². The fourth-order valence-corrected chi connectivity index (χ4v) is 4.26. The predicted molar refractivity (Wildman–Crippen MR) is 77.3 cm³/mol. The van der Waals surface area contributed by atoms with Crippen molar-refractivity contribution in [2.45, 2.75) is 29.0 Å². The first-order valence-corrected chi connectivity index (χ1v) is 8.70. The summed E-state index contributed by atoms with van der Waals surface area (Å²) in [7, 11) is -3.64. The van der Waals surface area contributed by atoms with Crippen LogP contribution in [0, 0.1) is 0 Å². The lowest BCUT2D eigenvalue weighted by Crippen LogP contribution is -2.45. The van der Waals surface area contributed by atoms with Gasteiger partial charge in [0.1, 0.15) is 0 Å². The number of anilines is 1. The molecule has 0 saturated heterocycles. The van der Waals surface area contributed by atoms with E-state index in [1.165, 1.54) is 6.20 Å². The fourth-order valence-electron chi connectivity index (χ4n) is 2.03. The number of nitrogen functional groups attached to an aromatic ring is 1. The topological polar surface area (TPSA) is 97.1 Å². The molecule has 2 rings (SSSR count). The lowest BCUT2D eigenvalue weighted by Gasteiger charge is -2.40. The summed E-state index contributed by atoms with van der Waals surface area (Å²) in [4.78, 5) is 3.89. The average Bonchev–Trinajstić information content (AvgIpc) is 2.38. The van der Waals surface area contributed by atoms with E-state index in [1.54, 1.807) is 23.9 Å². The number of aromatic nitrogens is 1. The van der Waals surface area contributed by atoms with Crippen LogP contribution in [-0.2, 0) is 10.0 Å². The molecule has 1 saturated carbocycles. The smallest absolute Gasteiger partial charge is 0.260 e. The van der Waals surface area contributed by atoms with Crippen molar-refractivity contribution in [1.29, 1.82) is 0 Å². The molecule has 0 bridgehead atoms. The summed E-state index contributed by atoms with van der Waals surface area (Å²) >= 11 is 1.72. The number of nitrogens with two attached hydrogens (primary N) is 1. The van der Waals surface area contributed by atoms with Gasteiger partial charge in [-0.1, -0.05) is 6.42 Å². The van der Waals surface area contributed by atoms with Gasteiger partial charge in [0.25, 0.3) is 10.0 Å². The molecule has 8 heteroatoms. The van der Waals surface area contributed by atoms with Crippen molar-refractivity contribution < 1.29 is 8.42 Å². The number of nitrogens with zero attached hydrogens (tertiary/aromatic N) is 1. The number of sulfonamides is 1. The molecule has 106 valence electrons. The first kappa shape index (κ1) is 14.6. The largest absolute Gasteiger partial charge is 0.321 e. The second-order valence-corrected chi connectivity index (χ2v) is 7.52. The SMILES string of the molecule is CSC1(CNS(=O)(=O)c2ncccc2NN)CCC1. The summed E-state index contributed by atoms with van der Waals surface area (Å²) in [6, 6.07) is 3.21. The van der Waals surface area contributed by atoms with Gasteiger partial charge >= 0.3 is 0 Å². The van der Waals surface area contributed by atoms with E-state index in [1.807, 2.05) is 6.26 Å². The zero-order valence-electron chi connectivity index (χ0n) is 10.7. The lowest BCUT2D eigenvalue weighted by molar-refractivity contribution is 0.361. The van der Waals surface area contributed by atoms with Gasteiger partial charge in [-0.05, 0) is 31.2 Å². The molecule has 1 aromatic rings. The molecule has 0 aromatic carbocycles. The second-order valence-electron chi connectivity index (χ2n) is 4.57. The highest BCUT2D eigenvalue weighted by Gasteiger charge is 2.37. The van der Waals surface area contributed by atoms with E-state index in [0.717, 1.165) is 19.3 Å². The van der Waals surface area contributed by atoms with Crippen LogP contribution in [0.25, 0.3) is 0 Å². The second kappa shape index (κ2) is 5.66. The Morgan fingerprint density at radius 3 is 2.79 bits per heavy atom. The Balaban J connectivity index is 2.14. The summed E-state index contributed by atoms with van der Waals surface area (Å²) in [5.74, 6) is 5.31. The van der Waals surface area contributed by atoms with Gasteiger partial charge in [0, 0.05) is 17.5 Å². The van der Waals surface area contributed by atoms with Gasteiger partial charge in [-0.2, -0.15) is 11.8 Å². The summed E-state index contributed by atoms with van der Waals surface area (Å²) in [6.07, 6.45) is 6.69. The fraction of sp³-hybridized carbons (Fsp3) is 0.545. The summed E-state index contributed by atoms with van der Waals surface area (Å²) in [5, 5.41) is -0.0620. The minimum absolute atomic E-state index is 0.0398. The molecule has 6 nitrogen and oxygen atoms in total. The number of rotatable bonds is 6. The first-order chi connectivity index (χ1) is 9.03. The van der Waals surface area contributed by atoms with Crippen LogP contribution >= 0.6 is 11.8 Å². The predicted octanol–water partition coefficient (Wildman–Crippen LogP) is 0.931. The van der Waals surface area contributed by atoms with Crippen molar-refractivity contribution in [1.82, 2.24) is 9.71 Å². The van der Waals surface area contributed by atoms with Crippen molar-refractivity contribution in [3.05, 3.63) is 18.3 Å². The van der Waals surface area contributed by atoms with Crippen LogP contribution in [-0.4, -0.2) is 30.9 Å². The number of hydrazine groups is 1. The molecule has 1 fully saturated rings. The Hall–Kier alpha value is -0.830. The van der Waals surface area contributed by atoms with Gasteiger partial charge in [-0.3, -0.25) is 5.84 Å². The average molecular weight is 302 g/mol. The van der Waals surface area contributed by atoms with E-state index in [-0.39, 0.29) is 9.77 Å². The molecule has 1 aromatic heterocycles.